The van der Waals surface area contributed by atoms with E-state index in [1.807, 2.05) is 36.4 Å². The third-order valence-electron chi connectivity index (χ3n) is 5.16. The number of piperidine rings is 1. The average Bonchev–Trinajstić information content (AvgIpc) is 2.93. The highest BCUT2D eigenvalue weighted by molar-refractivity contribution is 6.18. The Morgan fingerprint density at radius 2 is 1.89 bits per heavy atom. The van der Waals surface area contributed by atoms with Gasteiger partial charge in [-0.05, 0) is 12.0 Å². The van der Waals surface area contributed by atoms with E-state index in [1.54, 1.807) is 12.2 Å². The first kappa shape index (κ1) is 17.4. The molecule has 0 spiro atoms. The summed E-state index contributed by atoms with van der Waals surface area (Å²) in [6, 6.07) is 8.51. The standard InChI is InChI=1S/C20H19N3O4/c24-16-10-9-15(18(25)22-16)23-19(26)13-7-4-8-14(17(13)20(23)27)21-11-12-5-2-1-3-6-12/h1-8,14-15,17,21H,9-11H2,(H,22,24,25). The number of carbonyl (C=O) groups is 4. The number of fused-ring (bicyclic) bond motifs is 1. The summed E-state index contributed by atoms with van der Waals surface area (Å²) in [5.74, 6) is -2.47. The van der Waals surface area contributed by atoms with Crippen LogP contribution in [-0.4, -0.2) is 40.6 Å². The maximum atomic E-state index is 13.0. The summed E-state index contributed by atoms with van der Waals surface area (Å²) in [6.07, 6.45) is 5.53. The molecule has 2 heterocycles. The van der Waals surface area contributed by atoms with E-state index in [9.17, 15) is 19.2 Å². The second-order valence-corrected chi connectivity index (χ2v) is 6.86. The van der Waals surface area contributed by atoms with Gasteiger partial charge in [0.2, 0.25) is 17.7 Å². The maximum absolute atomic E-state index is 13.0. The number of allylic oxidation sites excluding steroid dienone is 2. The Kier molecular flexibility index (Phi) is 4.45. The number of imide groups is 2. The van der Waals surface area contributed by atoms with Gasteiger partial charge in [0.1, 0.15) is 6.04 Å². The number of hydrogen-bond donors (Lipinski definition) is 2. The Morgan fingerprint density at radius 1 is 1.11 bits per heavy atom. The van der Waals surface area contributed by atoms with Crippen LogP contribution in [-0.2, 0) is 25.7 Å². The van der Waals surface area contributed by atoms with Crippen molar-refractivity contribution in [2.24, 2.45) is 5.92 Å². The van der Waals surface area contributed by atoms with Crippen molar-refractivity contribution in [2.75, 3.05) is 0 Å². The van der Waals surface area contributed by atoms with Gasteiger partial charge in [-0.25, -0.2) is 0 Å². The summed E-state index contributed by atoms with van der Waals surface area (Å²) in [7, 11) is 0. The molecule has 3 aliphatic rings. The van der Waals surface area contributed by atoms with E-state index in [2.05, 4.69) is 10.6 Å². The van der Waals surface area contributed by atoms with Crippen molar-refractivity contribution in [1.82, 2.24) is 15.5 Å². The van der Waals surface area contributed by atoms with Crippen molar-refractivity contribution in [1.29, 1.82) is 0 Å². The molecule has 0 aromatic heterocycles. The van der Waals surface area contributed by atoms with Crippen molar-refractivity contribution >= 4 is 23.6 Å². The Labute approximate surface area is 156 Å². The number of likely N-dealkylation sites (tertiary alicyclic amines) is 1. The van der Waals surface area contributed by atoms with Gasteiger partial charge in [0.15, 0.2) is 0 Å². The zero-order valence-electron chi connectivity index (χ0n) is 14.6. The molecule has 1 aromatic rings. The third kappa shape index (κ3) is 3.10. The smallest absolute Gasteiger partial charge is 0.258 e. The number of benzene rings is 1. The summed E-state index contributed by atoms with van der Waals surface area (Å²) in [5, 5.41) is 5.53. The van der Waals surface area contributed by atoms with E-state index in [-0.39, 0.29) is 24.8 Å². The van der Waals surface area contributed by atoms with Crippen molar-refractivity contribution in [3.8, 4) is 0 Å². The number of nitrogens with one attached hydrogen (secondary N) is 2. The maximum Gasteiger partial charge on any atom is 0.258 e. The number of amides is 4. The van der Waals surface area contributed by atoms with Crippen molar-refractivity contribution in [3.63, 3.8) is 0 Å². The lowest BCUT2D eigenvalue weighted by Crippen LogP contribution is -2.54. The predicted octanol–water partition coefficient (Wildman–Crippen LogP) is 0.431. The first-order chi connectivity index (χ1) is 13.1. The molecule has 0 saturated carbocycles. The average molecular weight is 365 g/mol. The van der Waals surface area contributed by atoms with E-state index >= 15 is 0 Å². The predicted molar refractivity (Wildman–Crippen MR) is 95.8 cm³/mol. The summed E-state index contributed by atoms with van der Waals surface area (Å²) in [6.45, 7) is 0.555. The molecule has 7 heteroatoms. The van der Waals surface area contributed by atoms with Crippen LogP contribution in [0.1, 0.15) is 18.4 Å². The summed E-state index contributed by atoms with van der Waals surface area (Å²) in [4.78, 5) is 50.4. The van der Waals surface area contributed by atoms with Crippen molar-refractivity contribution in [3.05, 3.63) is 59.7 Å². The second kappa shape index (κ2) is 6.92. The minimum Gasteiger partial charge on any atom is -0.305 e. The van der Waals surface area contributed by atoms with Crippen LogP contribution in [0, 0.1) is 5.92 Å². The fraction of sp³-hybridized carbons (Fsp3) is 0.300. The summed E-state index contributed by atoms with van der Waals surface area (Å²) in [5.41, 5.74) is 1.46. The molecule has 0 bridgehead atoms. The molecule has 2 N–H and O–H groups in total. The number of hydrogen-bond acceptors (Lipinski definition) is 5. The van der Waals surface area contributed by atoms with Gasteiger partial charge in [0, 0.05) is 24.6 Å². The molecule has 3 atom stereocenters. The van der Waals surface area contributed by atoms with Gasteiger partial charge in [-0.15, -0.1) is 0 Å². The molecule has 1 aliphatic carbocycles. The van der Waals surface area contributed by atoms with Crippen LogP contribution < -0.4 is 10.6 Å². The highest BCUT2D eigenvalue weighted by Gasteiger charge is 2.51. The second-order valence-electron chi connectivity index (χ2n) is 6.86. The zero-order chi connectivity index (χ0) is 19.0. The molecule has 2 aliphatic heterocycles. The van der Waals surface area contributed by atoms with E-state index in [0.717, 1.165) is 10.5 Å². The van der Waals surface area contributed by atoms with E-state index in [0.29, 0.717) is 12.1 Å². The highest BCUT2D eigenvalue weighted by Crippen LogP contribution is 2.34. The van der Waals surface area contributed by atoms with Crippen molar-refractivity contribution < 1.29 is 19.2 Å². The van der Waals surface area contributed by atoms with E-state index in [4.69, 9.17) is 0 Å². The quantitative estimate of drug-likeness (QED) is 0.755. The highest BCUT2D eigenvalue weighted by atomic mass is 16.2. The number of nitrogens with zero attached hydrogens (tertiary/aromatic N) is 1. The Morgan fingerprint density at radius 3 is 2.63 bits per heavy atom. The summed E-state index contributed by atoms with van der Waals surface area (Å²) < 4.78 is 0. The van der Waals surface area contributed by atoms with Crippen LogP contribution in [0.3, 0.4) is 0 Å². The van der Waals surface area contributed by atoms with Gasteiger partial charge >= 0.3 is 0 Å². The molecule has 138 valence electrons. The minimum atomic E-state index is -0.927. The lowest BCUT2D eigenvalue weighted by molar-refractivity contribution is -0.151. The molecular formula is C20H19N3O4. The van der Waals surface area contributed by atoms with Gasteiger partial charge in [0.25, 0.3) is 5.91 Å². The molecule has 2 saturated heterocycles. The first-order valence-corrected chi connectivity index (χ1v) is 8.93. The minimum absolute atomic E-state index is 0.116. The molecule has 27 heavy (non-hydrogen) atoms. The lowest BCUT2D eigenvalue weighted by atomic mass is 9.89. The van der Waals surface area contributed by atoms with Crippen molar-refractivity contribution in [2.45, 2.75) is 31.5 Å². The lowest BCUT2D eigenvalue weighted by Gasteiger charge is -2.28. The molecule has 7 nitrogen and oxygen atoms in total. The van der Waals surface area contributed by atoms with Crippen LogP contribution in [0.4, 0.5) is 0 Å². The summed E-state index contributed by atoms with van der Waals surface area (Å²) >= 11 is 0. The normalized spacial score (nSPS) is 27.5. The van der Waals surface area contributed by atoms with Crippen LogP contribution in [0.5, 0.6) is 0 Å². The largest absolute Gasteiger partial charge is 0.305 e. The van der Waals surface area contributed by atoms with Gasteiger partial charge < -0.3 is 5.32 Å². The van der Waals surface area contributed by atoms with Gasteiger partial charge in [0.05, 0.1) is 5.92 Å². The van der Waals surface area contributed by atoms with E-state index < -0.39 is 29.7 Å². The molecule has 4 amide bonds. The first-order valence-electron chi connectivity index (χ1n) is 8.93. The van der Waals surface area contributed by atoms with Crippen LogP contribution in [0.25, 0.3) is 0 Å². The number of carbonyl (C=O) groups excluding carboxylic acids is 4. The van der Waals surface area contributed by atoms with Gasteiger partial charge in [-0.2, -0.15) is 0 Å². The van der Waals surface area contributed by atoms with E-state index in [1.165, 1.54) is 0 Å². The monoisotopic (exact) mass is 365 g/mol. The zero-order valence-corrected chi connectivity index (χ0v) is 14.6. The fourth-order valence-electron chi connectivity index (χ4n) is 3.81. The molecule has 2 fully saturated rings. The molecule has 0 radical (unpaired) electrons. The SMILES string of the molecule is O=C1CCC(N2C(=O)C3=CC=CC(NCc4ccccc4)C3C2=O)C(=O)N1. The number of rotatable bonds is 4. The Bertz CT molecular complexity index is 874. The van der Waals surface area contributed by atoms with Crippen LogP contribution >= 0.6 is 0 Å². The van der Waals surface area contributed by atoms with Crippen LogP contribution in [0.15, 0.2) is 54.1 Å². The molecular weight excluding hydrogens is 346 g/mol. The molecule has 1 aromatic carbocycles. The Balaban J connectivity index is 1.53. The van der Waals surface area contributed by atoms with Crippen LogP contribution in [0.2, 0.25) is 0 Å². The molecule has 4 rings (SSSR count). The van der Waals surface area contributed by atoms with Gasteiger partial charge in [-0.3, -0.25) is 29.4 Å². The Hall–Kier alpha value is -3.06. The topological polar surface area (TPSA) is 95.6 Å². The molecule has 3 unspecified atom stereocenters. The van der Waals surface area contributed by atoms with Gasteiger partial charge in [-0.1, -0.05) is 48.6 Å². The third-order valence-corrected chi connectivity index (χ3v) is 5.16. The fourth-order valence-corrected chi connectivity index (χ4v) is 3.81.